The van der Waals surface area contributed by atoms with Gasteiger partial charge < -0.3 is 164 Å². The van der Waals surface area contributed by atoms with E-state index >= 15 is 0 Å². The number of aliphatic imine (C=N–C) groups is 2. The number of carbonyl (C=O) groups excluding carboxylic acids is 4. The molecule has 0 bridgehead atoms. The maximum atomic E-state index is 13.5. The minimum atomic E-state index is -1.75. The predicted octanol–water partition coefficient (Wildman–Crippen LogP) is -5.88. The molecule has 107 heavy (non-hydrogen) atoms. The minimum absolute atomic E-state index is 0.00633. The van der Waals surface area contributed by atoms with E-state index in [1.807, 2.05) is 0 Å². The molecule has 41 nitrogen and oxygen atoms in total. The van der Waals surface area contributed by atoms with Crippen molar-refractivity contribution >= 4 is 47.5 Å². The molecule has 0 radical (unpaired) electrons. The molecule has 41 heteroatoms. The van der Waals surface area contributed by atoms with Crippen molar-refractivity contribution < 1.29 is 149 Å². The molecule has 0 aromatic rings. The number of nitrogens with two attached hydrogens (primary N) is 4. The second-order valence-corrected chi connectivity index (χ2v) is 23.4. The largest absolute Gasteiger partial charge is 0.480 e. The van der Waals surface area contributed by atoms with E-state index in [-0.39, 0.29) is 90.7 Å². The van der Waals surface area contributed by atoms with Gasteiger partial charge >= 0.3 is 11.9 Å². The van der Waals surface area contributed by atoms with E-state index in [1.54, 1.807) is 6.92 Å². The van der Waals surface area contributed by atoms with Gasteiger partial charge in [0, 0.05) is 58.8 Å². The molecule has 2 aliphatic heterocycles. The SMILES string of the molecule is CCCOCCOCCOCCOCCOCCCOCCOCCOCCOCCOCCOCCOCCOCCC(=O)N(CCOCCNC(=O)CO[C@@H]([C@@H]1OC(C(=O)O)=C[C@H](N=C(N)N)[C@H]1C)[C@H](O)CO)CCOCCNC(=O)CO[C@@H]([C@@H]1OC(C(=O)O)=C[C@H](N=C(N)N)[C@H]1NC(C)=O)[C@H](O)CO. The van der Waals surface area contributed by atoms with Crippen LogP contribution in [0, 0.1) is 5.92 Å². The fourth-order valence-electron chi connectivity index (χ4n) is 9.70. The summed E-state index contributed by atoms with van der Waals surface area (Å²) in [6.07, 6.45) is -5.15. The summed E-state index contributed by atoms with van der Waals surface area (Å²) in [5.74, 6) is -7.99. The lowest BCUT2D eigenvalue weighted by molar-refractivity contribution is -0.160. The first kappa shape index (κ1) is 96.7. The summed E-state index contributed by atoms with van der Waals surface area (Å²) < 4.78 is 106. The van der Waals surface area contributed by atoms with Gasteiger partial charge in [-0.05, 0) is 25.0 Å². The summed E-state index contributed by atoms with van der Waals surface area (Å²) in [5.41, 5.74) is 22.2. The molecule has 17 N–H and O–H groups in total. The number of carbonyl (C=O) groups is 6. The normalized spacial score (nSPS) is 18.2. The van der Waals surface area contributed by atoms with Crippen LogP contribution in [0.15, 0.2) is 33.7 Å². The number of rotatable bonds is 71. The Labute approximate surface area is 624 Å². The third kappa shape index (κ3) is 48.0. The standard InChI is InChI=1S/C66H120N10O31/c1-4-11-89-19-23-95-27-31-99-32-28-96-24-20-90-12-5-13-91-21-25-97-29-33-100-35-37-102-39-40-103-38-36-101-34-30-98-26-22-92-14-6-57(84)76(9-17-93-15-7-71-55(82)45-104-60(51(80)43-77)59-47(2)49(74-65(67)68)41-53(106-59)63(85)86)10-18-94-16-8-72-56(83)46-105-61(52(81)44-78)62-58(73-48(3)79)50(75-66(69)70)42-54(107-62)64(87)88/h41-42,47,49-52,58-62,77-78,80-81H,4-40,43-46H2,1-3H3,(H,71,82)(H,72,83)(H,73,79)(H,85,86)(H,87,88)(H4,67,68,74)(H4,69,70,75)/t47-,49+,50+,51-,52-,58-,59-,60-,61-,62-/m1/s1. The lowest BCUT2D eigenvalue weighted by Crippen LogP contribution is -2.60. The highest BCUT2D eigenvalue weighted by molar-refractivity contribution is 5.86. The minimum Gasteiger partial charge on any atom is -0.480 e. The predicted molar refractivity (Wildman–Crippen MR) is 377 cm³/mol. The molecule has 10 atom stereocenters. The van der Waals surface area contributed by atoms with Crippen molar-refractivity contribution in [2.45, 2.75) is 94.8 Å². The average molecular weight is 1550 g/mol. The summed E-state index contributed by atoms with van der Waals surface area (Å²) in [5, 5.41) is 68.1. The van der Waals surface area contributed by atoms with Crippen LogP contribution in [0.1, 0.15) is 40.0 Å². The third-order valence-electron chi connectivity index (χ3n) is 14.9. The van der Waals surface area contributed by atoms with Crippen LogP contribution in [0.5, 0.6) is 0 Å². The topological polar surface area (TPSA) is 567 Å². The van der Waals surface area contributed by atoms with Gasteiger partial charge in [-0.3, -0.25) is 19.2 Å². The maximum Gasteiger partial charge on any atom is 0.370 e. The molecule has 620 valence electrons. The van der Waals surface area contributed by atoms with Crippen LogP contribution in [-0.2, 0) is 119 Å². The van der Waals surface area contributed by atoms with E-state index in [0.29, 0.717) is 145 Å². The number of nitrogens with one attached hydrogen (secondary N) is 3. The zero-order valence-corrected chi connectivity index (χ0v) is 62.0. The highest BCUT2D eigenvalue weighted by atomic mass is 16.6. The second kappa shape index (κ2) is 63.4. The Hall–Kier alpha value is -6.40. The molecule has 0 saturated carbocycles. The monoisotopic (exact) mass is 1550 g/mol. The number of aliphatic hydroxyl groups excluding tert-OH is 4. The van der Waals surface area contributed by atoms with Gasteiger partial charge in [-0.25, -0.2) is 19.6 Å². The number of aliphatic carboxylic acids is 2. The Morgan fingerprint density at radius 3 is 1.16 bits per heavy atom. The quantitative estimate of drug-likeness (QED) is 0.0153. The highest BCUT2D eigenvalue weighted by Crippen LogP contribution is 2.31. The smallest absolute Gasteiger partial charge is 0.370 e. The van der Waals surface area contributed by atoms with Gasteiger partial charge in [-0.15, -0.1) is 0 Å². The van der Waals surface area contributed by atoms with Crippen LogP contribution in [-0.4, -0.2) is 389 Å². The van der Waals surface area contributed by atoms with Crippen LogP contribution in [0.25, 0.3) is 0 Å². The van der Waals surface area contributed by atoms with Crippen molar-refractivity contribution in [2.24, 2.45) is 38.8 Å². The number of guanidine groups is 2. The maximum absolute atomic E-state index is 13.5. The lowest BCUT2D eigenvalue weighted by Gasteiger charge is -2.40. The fraction of sp³-hybridized carbons (Fsp3) is 0.818. The molecule has 0 aromatic carbocycles. The molecule has 2 aliphatic rings. The van der Waals surface area contributed by atoms with Gasteiger partial charge in [-0.1, -0.05) is 13.8 Å². The van der Waals surface area contributed by atoms with Gasteiger partial charge in [0.2, 0.25) is 35.1 Å². The van der Waals surface area contributed by atoms with Crippen molar-refractivity contribution in [2.75, 3.05) is 251 Å². The highest BCUT2D eigenvalue weighted by Gasteiger charge is 2.46. The molecule has 2 rings (SSSR count). The number of hydrogen-bond donors (Lipinski definition) is 13. The molecule has 0 unspecified atom stereocenters. The van der Waals surface area contributed by atoms with E-state index < -0.39 is 134 Å². The lowest BCUT2D eigenvalue weighted by atomic mass is 9.87. The Balaban J connectivity index is 1.69. The molecule has 0 fully saturated rings. The van der Waals surface area contributed by atoms with Crippen LogP contribution >= 0.6 is 0 Å². The zero-order valence-electron chi connectivity index (χ0n) is 62.0. The second-order valence-electron chi connectivity index (χ2n) is 23.4. The summed E-state index contributed by atoms with van der Waals surface area (Å²) in [7, 11) is 0. The number of nitrogens with zero attached hydrogens (tertiary/aromatic N) is 3. The van der Waals surface area contributed by atoms with Crippen molar-refractivity contribution in [1.82, 2.24) is 20.9 Å². The van der Waals surface area contributed by atoms with Crippen LogP contribution in [0.2, 0.25) is 0 Å². The van der Waals surface area contributed by atoms with Gasteiger partial charge in [0.15, 0.2) is 18.0 Å². The molecule has 2 heterocycles. The molecule has 4 amide bonds. The van der Waals surface area contributed by atoms with E-state index in [4.69, 9.17) is 113 Å². The van der Waals surface area contributed by atoms with Crippen molar-refractivity contribution in [3.05, 3.63) is 23.7 Å². The molecule has 0 aromatic heterocycles. The van der Waals surface area contributed by atoms with Crippen molar-refractivity contribution in [1.29, 1.82) is 0 Å². The summed E-state index contributed by atoms with van der Waals surface area (Å²) in [6.45, 7) is 13.0. The Kier molecular flexibility index (Phi) is 57.3. The van der Waals surface area contributed by atoms with E-state index in [9.17, 15) is 59.4 Å². The fourth-order valence-corrected chi connectivity index (χ4v) is 9.70. The Bertz CT molecular complexity index is 2490. The summed E-state index contributed by atoms with van der Waals surface area (Å²) in [6, 6.07) is -3.36. The van der Waals surface area contributed by atoms with Gasteiger partial charge in [-0.2, -0.15) is 0 Å². The number of ether oxygens (including phenoxy) is 19. The summed E-state index contributed by atoms with van der Waals surface area (Å²) >= 11 is 0. The van der Waals surface area contributed by atoms with Crippen molar-refractivity contribution in [3.8, 4) is 0 Å². The van der Waals surface area contributed by atoms with E-state index in [0.717, 1.165) is 32.4 Å². The molecule has 0 aliphatic carbocycles. The van der Waals surface area contributed by atoms with Crippen molar-refractivity contribution in [3.63, 3.8) is 0 Å². The molecule has 0 spiro atoms. The number of amides is 4. The van der Waals surface area contributed by atoms with Crippen LogP contribution in [0.4, 0.5) is 0 Å². The van der Waals surface area contributed by atoms with Crippen LogP contribution in [0.3, 0.4) is 0 Å². The first-order chi connectivity index (χ1) is 51.7. The first-order valence-corrected chi connectivity index (χ1v) is 35.7. The number of aliphatic hydroxyl groups is 4. The summed E-state index contributed by atoms with van der Waals surface area (Å²) in [4.78, 5) is 84.8. The number of carboxylic acid groups (broad SMARTS) is 2. The number of hydrogen-bond acceptors (Lipinski definition) is 31. The third-order valence-corrected chi connectivity index (χ3v) is 14.9. The van der Waals surface area contributed by atoms with E-state index in [2.05, 4.69) is 32.9 Å². The average Bonchev–Trinajstić information content (AvgIpc) is 0.806. The Morgan fingerprint density at radius 2 is 0.804 bits per heavy atom. The zero-order chi connectivity index (χ0) is 78.5. The van der Waals surface area contributed by atoms with Crippen LogP contribution < -0.4 is 38.9 Å². The first-order valence-electron chi connectivity index (χ1n) is 35.7. The number of carboxylic acids is 2. The molecular weight excluding hydrogens is 1430 g/mol. The van der Waals surface area contributed by atoms with E-state index in [1.165, 1.54) is 11.0 Å². The Morgan fingerprint density at radius 1 is 0.477 bits per heavy atom. The van der Waals surface area contributed by atoms with Gasteiger partial charge in [0.05, 0.1) is 216 Å². The molecular formula is C66H120N10O31. The van der Waals surface area contributed by atoms with Gasteiger partial charge in [0.1, 0.15) is 43.7 Å². The molecule has 0 saturated heterocycles. The van der Waals surface area contributed by atoms with Gasteiger partial charge in [0.25, 0.3) is 0 Å².